The fraction of sp³-hybridized carbons (Fsp3) is 0.875. The van der Waals surface area contributed by atoms with Crippen LogP contribution in [0.15, 0.2) is 12.2 Å². The predicted octanol–water partition coefficient (Wildman–Crippen LogP) is 5.09. The second-order valence-corrected chi connectivity index (χ2v) is 4.84. The quantitative estimate of drug-likeness (QED) is 0.313. The molecule has 0 aliphatic heterocycles. The zero-order valence-electron chi connectivity index (χ0n) is 12.1. The first kappa shape index (κ1) is 16.7. The Morgan fingerprint density at radius 3 is 2.06 bits per heavy atom. The number of rotatable bonds is 13. The summed E-state index contributed by atoms with van der Waals surface area (Å²) in [6.45, 7) is 6.62. The Labute approximate surface area is 109 Å². The van der Waals surface area contributed by atoms with E-state index in [0.717, 1.165) is 19.5 Å². The number of hydrogen-bond donors (Lipinski definition) is 0. The van der Waals surface area contributed by atoms with E-state index in [-0.39, 0.29) is 0 Å². The molecule has 17 heavy (non-hydrogen) atoms. The van der Waals surface area contributed by atoms with Crippen LogP contribution >= 0.6 is 0 Å². The third kappa shape index (κ3) is 15.7. The van der Waals surface area contributed by atoms with E-state index in [4.69, 9.17) is 0 Å². The summed E-state index contributed by atoms with van der Waals surface area (Å²) < 4.78 is 0. The summed E-state index contributed by atoms with van der Waals surface area (Å²) in [5, 5.41) is 4.55. The van der Waals surface area contributed by atoms with Crippen molar-refractivity contribution in [1.29, 1.82) is 0 Å². The van der Waals surface area contributed by atoms with Crippen molar-refractivity contribution in [2.45, 2.75) is 78.1 Å². The molecule has 0 aliphatic rings. The summed E-state index contributed by atoms with van der Waals surface area (Å²) in [4.78, 5) is 0. The van der Waals surface area contributed by atoms with Crippen molar-refractivity contribution in [2.24, 2.45) is 0 Å². The molecule has 0 saturated heterocycles. The molecule has 0 rings (SSSR count). The maximum atomic E-state index is 4.55. The molecule has 1 nitrogen and oxygen atoms in total. The Kier molecular flexibility index (Phi) is 15.4. The van der Waals surface area contributed by atoms with Crippen molar-refractivity contribution in [2.75, 3.05) is 13.1 Å². The van der Waals surface area contributed by atoms with Gasteiger partial charge in [0.25, 0.3) is 0 Å². The van der Waals surface area contributed by atoms with Crippen LogP contribution in [0.4, 0.5) is 0 Å². The van der Waals surface area contributed by atoms with Crippen molar-refractivity contribution in [3.63, 3.8) is 0 Å². The molecular formula is C16H32N. The molecule has 0 aromatic rings. The summed E-state index contributed by atoms with van der Waals surface area (Å²) >= 11 is 0. The average Bonchev–Trinajstić information content (AvgIpc) is 2.35. The summed E-state index contributed by atoms with van der Waals surface area (Å²) in [6.07, 6.45) is 17.8. The van der Waals surface area contributed by atoms with E-state index in [1.165, 1.54) is 57.8 Å². The first-order chi connectivity index (χ1) is 8.41. The molecule has 1 heteroatoms. The zero-order chi connectivity index (χ0) is 12.6. The van der Waals surface area contributed by atoms with Gasteiger partial charge in [-0.05, 0) is 25.7 Å². The van der Waals surface area contributed by atoms with Gasteiger partial charge in [0, 0.05) is 13.1 Å². The second kappa shape index (κ2) is 15.7. The molecule has 0 heterocycles. The minimum atomic E-state index is 1.03. The summed E-state index contributed by atoms with van der Waals surface area (Å²) in [6, 6.07) is 0. The highest BCUT2D eigenvalue weighted by Gasteiger charge is 1.90. The van der Waals surface area contributed by atoms with Gasteiger partial charge in [0.15, 0.2) is 0 Å². The lowest BCUT2D eigenvalue weighted by Gasteiger charge is -2.00. The number of hydrogen-bond acceptors (Lipinski definition) is 0. The SMILES string of the molecule is CCCCC/C=C/CC[N]CCCCCCC. The molecule has 0 saturated carbocycles. The van der Waals surface area contributed by atoms with Crippen LogP contribution < -0.4 is 5.32 Å². The molecule has 101 valence electrons. The fourth-order valence-corrected chi connectivity index (χ4v) is 1.85. The van der Waals surface area contributed by atoms with E-state index in [1.54, 1.807) is 0 Å². The summed E-state index contributed by atoms with van der Waals surface area (Å²) in [5.74, 6) is 0. The largest absolute Gasteiger partial charge is 0.241 e. The van der Waals surface area contributed by atoms with Crippen LogP contribution in [0, 0.1) is 0 Å². The van der Waals surface area contributed by atoms with Gasteiger partial charge in [-0.1, -0.05) is 64.5 Å². The monoisotopic (exact) mass is 238 g/mol. The first-order valence-corrected chi connectivity index (χ1v) is 7.70. The Morgan fingerprint density at radius 2 is 1.29 bits per heavy atom. The van der Waals surface area contributed by atoms with Crippen molar-refractivity contribution in [1.82, 2.24) is 5.32 Å². The number of allylic oxidation sites excluding steroid dienone is 1. The lowest BCUT2D eigenvalue weighted by Crippen LogP contribution is -2.07. The van der Waals surface area contributed by atoms with Crippen LogP contribution in [0.25, 0.3) is 0 Å². The highest BCUT2D eigenvalue weighted by molar-refractivity contribution is 4.81. The Hall–Kier alpha value is -0.300. The maximum absolute atomic E-state index is 4.55. The average molecular weight is 238 g/mol. The lowest BCUT2D eigenvalue weighted by atomic mass is 10.1. The van der Waals surface area contributed by atoms with Crippen molar-refractivity contribution in [3.8, 4) is 0 Å². The van der Waals surface area contributed by atoms with Gasteiger partial charge in [0.05, 0.1) is 0 Å². The highest BCUT2D eigenvalue weighted by atomic mass is 14.8. The topological polar surface area (TPSA) is 14.1 Å². The standard InChI is InChI=1S/C16H32N/c1-3-5-7-9-10-12-14-16-17-15-13-11-8-6-4-2/h10,12H,3-9,11,13-16H2,1-2H3/b12-10+. The smallest absolute Gasteiger partial charge is 0.0167 e. The molecule has 0 atom stereocenters. The van der Waals surface area contributed by atoms with Crippen LogP contribution in [-0.4, -0.2) is 13.1 Å². The van der Waals surface area contributed by atoms with E-state index in [1.807, 2.05) is 0 Å². The van der Waals surface area contributed by atoms with E-state index in [2.05, 4.69) is 31.3 Å². The molecule has 0 spiro atoms. The molecule has 0 aliphatic carbocycles. The fourth-order valence-electron chi connectivity index (χ4n) is 1.85. The molecule has 0 aromatic carbocycles. The molecule has 0 amide bonds. The van der Waals surface area contributed by atoms with Crippen LogP contribution in [0.2, 0.25) is 0 Å². The third-order valence-electron chi connectivity index (χ3n) is 3.01. The summed E-state index contributed by atoms with van der Waals surface area (Å²) in [7, 11) is 0. The summed E-state index contributed by atoms with van der Waals surface area (Å²) in [5.41, 5.74) is 0. The van der Waals surface area contributed by atoms with Crippen LogP contribution in [0.3, 0.4) is 0 Å². The zero-order valence-corrected chi connectivity index (χ0v) is 12.1. The van der Waals surface area contributed by atoms with Crippen molar-refractivity contribution in [3.05, 3.63) is 12.2 Å². The van der Waals surface area contributed by atoms with E-state index < -0.39 is 0 Å². The van der Waals surface area contributed by atoms with Gasteiger partial charge in [-0.25, -0.2) is 5.32 Å². The number of nitrogens with zero attached hydrogens (tertiary/aromatic N) is 1. The molecular weight excluding hydrogens is 206 g/mol. The molecule has 0 bridgehead atoms. The van der Waals surface area contributed by atoms with Crippen molar-refractivity contribution >= 4 is 0 Å². The van der Waals surface area contributed by atoms with Gasteiger partial charge in [-0.15, -0.1) is 0 Å². The van der Waals surface area contributed by atoms with E-state index in [9.17, 15) is 0 Å². The Bertz CT molecular complexity index is 152. The second-order valence-electron chi connectivity index (χ2n) is 4.84. The Morgan fingerprint density at radius 1 is 0.647 bits per heavy atom. The predicted molar refractivity (Wildman–Crippen MR) is 78.5 cm³/mol. The van der Waals surface area contributed by atoms with Gasteiger partial charge in [0.1, 0.15) is 0 Å². The number of unbranched alkanes of at least 4 members (excludes halogenated alkanes) is 7. The van der Waals surface area contributed by atoms with Gasteiger partial charge in [0.2, 0.25) is 0 Å². The molecule has 0 fully saturated rings. The minimum absolute atomic E-state index is 1.03. The Balaban J connectivity index is 2.97. The van der Waals surface area contributed by atoms with E-state index >= 15 is 0 Å². The lowest BCUT2D eigenvalue weighted by molar-refractivity contribution is 0.580. The van der Waals surface area contributed by atoms with Gasteiger partial charge < -0.3 is 0 Å². The minimum Gasteiger partial charge on any atom is -0.241 e. The third-order valence-corrected chi connectivity index (χ3v) is 3.01. The normalized spacial score (nSPS) is 11.4. The van der Waals surface area contributed by atoms with E-state index in [0.29, 0.717) is 0 Å². The molecule has 0 aromatic heterocycles. The van der Waals surface area contributed by atoms with Gasteiger partial charge in [-0.3, -0.25) is 0 Å². The first-order valence-electron chi connectivity index (χ1n) is 7.70. The van der Waals surface area contributed by atoms with Gasteiger partial charge >= 0.3 is 0 Å². The van der Waals surface area contributed by atoms with Crippen LogP contribution in [0.1, 0.15) is 78.1 Å². The van der Waals surface area contributed by atoms with Crippen LogP contribution in [-0.2, 0) is 0 Å². The molecule has 0 N–H and O–H groups in total. The molecule has 0 unspecified atom stereocenters. The highest BCUT2D eigenvalue weighted by Crippen LogP contribution is 2.02. The van der Waals surface area contributed by atoms with Gasteiger partial charge in [-0.2, -0.15) is 0 Å². The molecule has 1 radical (unpaired) electrons. The van der Waals surface area contributed by atoms with Crippen LogP contribution in [0.5, 0.6) is 0 Å². The van der Waals surface area contributed by atoms with Crippen molar-refractivity contribution < 1.29 is 0 Å². The maximum Gasteiger partial charge on any atom is 0.0167 e.